The van der Waals surface area contributed by atoms with Crippen LogP contribution in [-0.4, -0.2) is 37.6 Å². The van der Waals surface area contributed by atoms with Gasteiger partial charge in [-0.05, 0) is 31.2 Å². The van der Waals surface area contributed by atoms with Gasteiger partial charge in [0.2, 0.25) is 0 Å². The molecule has 25 heavy (non-hydrogen) atoms. The summed E-state index contributed by atoms with van der Waals surface area (Å²) >= 11 is 0. The van der Waals surface area contributed by atoms with Crippen molar-refractivity contribution in [1.82, 2.24) is 24.6 Å². The van der Waals surface area contributed by atoms with E-state index in [1.807, 2.05) is 18.3 Å². The smallest absolute Gasteiger partial charge is 0.160 e. The minimum absolute atomic E-state index is 0.0706. The van der Waals surface area contributed by atoms with E-state index in [1.54, 1.807) is 12.5 Å². The quantitative estimate of drug-likeness (QED) is 0.713. The molecule has 0 unspecified atom stereocenters. The van der Waals surface area contributed by atoms with Crippen molar-refractivity contribution in [1.29, 1.82) is 0 Å². The van der Waals surface area contributed by atoms with Gasteiger partial charge in [-0.25, -0.2) is 4.98 Å². The predicted octanol–water partition coefficient (Wildman–Crippen LogP) is 1.68. The average molecular weight is 341 g/mol. The van der Waals surface area contributed by atoms with Crippen molar-refractivity contribution in [2.75, 3.05) is 13.2 Å². The van der Waals surface area contributed by atoms with Gasteiger partial charge in [0, 0.05) is 51.0 Å². The van der Waals surface area contributed by atoms with Crippen LogP contribution < -0.4 is 5.32 Å². The summed E-state index contributed by atoms with van der Waals surface area (Å²) in [4.78, 5) is 4.50. The Kier molecular flexibility index (Phi) is 4.67. The molecule has 7 heteroatoms. The largest absolute Gasteiger partial charge is 0.469 e. The first-order valence-electron chi connectivity index (χ1n) is 8.75. The molecule has 1 atom stereocenters. The molecule has 4 heterocycles. The number of imidazole rings is 1. The van der Waals surface area contributed by atoms with Gasteiger partial charge in [-0.3, -0.25) is 4.68 Å². The Hall–Kier alpha value is -2.38. The van der Waals surface area contributed by atoms with Crippen LogP contribution in [0.15, 0.2) is 41.3 Å². The molecule has 132 valence electrons. The Balaban J connectivity index is 1.54. The molecule has 2 N–H and O–H groups in total. The number of hydrogen-bond donors (Lipinski definition) is 2. The van der Waals surface area contributed by atoms with Gasteiger partial charge < -0.3 is 19.4 Å². The lowest BCUT2D eigenvalue weighted by atomic mass is 10.0. The Bertz CT molecular complexity index is 782. The van der Waals surface area contributed by atoms with Gasteiger partial charge >= 0.3 is 0 Å². The van der Waals surface area contributed by atoms with Crippen molar-refractivity contribution < 1.29 is 9.52 Å². The average Bonchev–Trinajstić information content (AvgIpc) is 3.34. The maximum Gasteiger partial charge on any atom is 0.160 e. The Morgan fingerprint density at radius 1 is 1.40 bits per heavy atom. The topological polar surface area (TPSA) is 81.0 Å². The first-order chi connectivity index (χ1) is 12.3. The summed E-state index contributed by atoms with van der Waals surface area (Å²) in [5.74, 6) is 1.81. The van der Waals surface area contributed by atoms with Crippen LogP contribution in [-0.2, 0) is 26.1 Å². The standard InChI is InChI=1S/C18H23N5O2/c24-13-14(9-16-3-1-8-25-16)12-22-7-5-20-18(22)17-10-15-11-19-4-2-6-23(15)21-17/h1,3,5,7-8,10,14,19,24H,2,4,6,9,11-13H2/t14-/m1/s1. The Labute approximate surface area is 146 Å². The van der Waals surface area contributed by atoms with E-state index in [2.05, 4.69) is 25.6 Å². The van der Waals surface area contributed by atoms with Gasteiger partial charge in [0.1, 0.15) is 11.5 Å². The first-order valence-corrected chi connectivity index (χ1v) is 8.75. The summed E-state index contributed by atoms with van der Waals surface area (Å²) in [7, 11) is 0. The van der Waals surface area contributed by atoms with Crippen LogP contribution in [0.2, 0.25) is 0 Å². The van der Waals surface area contributed by atoms with Crippen LogP contribution in [0.4, 0.5) is 0 Å². The van der Waals surface area contributed by atoms with Gasteiger partial charge in [-0.15, -0.1) is 0 Å². The van der Waals surface area contributed by atoms with E-state index < -0.39 is 0 Å². The molecule has 0 spiro atoms. The molecule has 7 nitrogen and oxygen atoms in total. The number of nitrogens with zero attached hydrogens (tertiary/aromatic N) is 4. The number of aromatic nitrogens is 4. The third-order valence-corrected chi connectivity index (χ3v) is 4.62. The Morgan fingerprint density at radius 3 is 3.20 bits per heavy atom. The molecule has 0 aliphatic carbocycles. The minimum Gasteiger partial charge on any atom is -0.469 e. The number of aliphatic hydroxyl groups excluding tert-OH is 1. The second-order valence-corrected chi connectivity index (χ2v) is 6.51. The lowest BCUT2D eigenvalue weighted by Gasteiger charge is -2.15. The molecule has 0 bridgehead atoms. The van der Waals surface area contributed by atoms with E-state index in [4.69, 9.17) is 9.52 Å². The lowest BCUT2D eigenvalue weighted by Crippen LogP contribution is -2.17. The van der Waals surface area contributed by atoms with Crippen LogP contribution >= 0.6 is 0 Å². The number of hydrogen-bond acceptors (Lipinski definition) is 5. The molecule has 0 saturated heterocycles. The fourth-order valence-electron chi connectivity index (χ4n) is 3.34. The zero-order valence-electron chi connectivity index (χ0n) is 14.1. The monoisotopic (exact) mass is 341 g/mol. The number of aryl methyl sites for hydroxylation is 1. The van der Waals surface area contributed by atoms with Crippen LogP contribution in [0, 0.1) is 5.92 Å². The van der Waals surface area contributed by atoms with Crippen molar-refractivity contribution in [2.24, 2.45) is 5.92 Å². The molecule has 3 aromatic heterocycles. The van der Waals surface area contributed by atoms with E-state index in [9.17, 15) is 5.11 Å². The lowest BCUT2D eigenvalue weighted by molar-refractivity contribution is 0.204. The second kappa shape index (κ2) is 7.25. The summed E-state index contributed by atoms with van der Waals surface area (Å²) in [5, 5.41) is 17.9. The van der Waals surface area contributed by atoms with Crippen LogP contribution in [0.5, 0.6) is 0 Å². The molecule has 0 radical (unpaired) electrons. The highest BCUT2D eigenvalue weighted by Gasteiger charge is 2.18. The SMILES string of the molecule is OC[C@H](Cc1ccco1)Cn1ccnc1-c1cc2n(n1)CCCNC2. The molecule has 0 amide bonds. The Morgan fingerprint density at radius 2 is 2.36 bits per heavy atom. The highest BCUT2D eigenvalue weighted by Crippen LogP contribution is 2.21. The molecule has 1 aliphatic heterocycles. The molecule has 3 aromatic rings. The fourth-order valence-corrected chi connectivity index (χ4v) is 3.34. The van der Waals surface area contributed by atoms with E-state index in [0.717, 1.165) is 43.3 Å². The summed E-state index contributed by atoms with van der Waals surface area (Å²) in [6.07, 6.45) is 7.18. The van der Waals surface area contributed by atoms with E-state index in [-0.39, 0.29) is 12.5 Å². The van der Waals surface area contributed by atoms with Crippen molar-refractivity contribution in [3.8, 4) is 11.5 Å². The molecule has 1 aliphatic rings. The van der Waals surface area contributed by atoms with Gasteiger partial charge in [-0.1, -0.05) is 0 Å². The van der Waals surface area contributed by atoms with Crippen LogP contribution in [0.25, 0.3) is 11.5 Å². The maximum absolute atomic E-state index is 9.75. The summed E-state index contributed by atoms with van der Waals surface area (Å²) in [6.45, 7) is 3.57. The second-order valence-electron chi connectivity index (χ2n) is 6.51. The number of furan rings is 1. The van der Waals surface area contributed by atoms with Gasteiger partial charge in [0.05, 0.1) is 12.0 Å². The van der Waals surface area contributed by atoms with E-state index >= 15 is 0 Å². The predicted molar refractivity (Wildman–Crippen MR) is 92.8 cm³/mol. The van der Waals surface area contributed by atoms with Gasteiger partial charge in [0.15, 0.2) is 5.82 Å². The van der Waals surface area contributed by atoms with Crippen molar-refractivity contribution in [2.45, 2.75) is 32.5 Å². The van der Waals surface area contributed by atoms with Crippen molar-refractivity contribution >= 4 is 0 Å². The van der Waals surface area contributed by atoms with Gasteiger partial charge in [-0.2, -0.15) is 5.10 Å². The maximum atomic E-state index is 9.75. The third kappa shape index (κ3) is 3.52. The number of rotatable bonds is 6. The van der Waals surface area contributed by atoms with Gasteiger partial charge in [0.25, 0.3) is 0 Å². The summed E-state index contributed by atoms with van der Waals surface area (Å²) in [5.41, 5.74) is 2.08. The molecular formula is C18H23N5O2. The molecule has 0 aromatic carbocycles. The fraction of sp³-hybridized carbons (Fsp3) is 0.444. The third-order valence-electron chi connectivity index (χ3n) is 4.62. The molecule has 0 fully saturated rings. The highest BCUT2D eigenvalue weighted by molar-refractivity contribution is 5.50. The van der Waals surface area contributed by atoms with E-state index in [1.165, 1.54) is 5.69 Å². The zero-order chi connectivity index (χ0) is 17.1. The van der Waals surface area contributed by atoms with Crippen LogP contribution in [0.1, 0.15) is 17.9 Å². The van der Waals surface area contributed by atoms with Crippen molar-refractivity contribution in [3.05, 3.63) is 48.3 Å². The minimum atomic E-state index is 0.0706. The van der Waals surface area contributed by atoms with E-state index in [0.29, 0.717) is 13.0 Å². The first kappa shape index (κ1) is 16.1. The normalized spacial score (nSPS) is 15.7. The number of fused-ring (bicyclic) bond motifs is 1. The van der Waals surface area contributed by atoms with Crippen LogP contribution in [0.3, 0.4) is 0 Å². The summed E-state index contributed by atoms with van der Waals surface area (Å²) in [6, 6.07) is 5.92. The van der Waals surface area contributed by atoms with Crippen molar-refractivity contribution in [3.63, 3.8) is 0 Å². The molecule has 4 rings (SSSR count). The number of aliphatic hydroxyl groups is 1. The molecular weight excluding hydrogens is 318 g/mol. The molecule has 0 saturated carbocycles. The zero-order valence-corrected chi connectivity index (χ0v) is 14.1. The highest BCUT2D eigenvalue weighted by atomic mass is 16.3. The summed E-state index contributed by atoms with van der Waals surface area (Å²) < 4.78 is 9.55. The number of nitrogens with one attached hydrogen (secondary N) is 1.